The van der Waals surface area contributed by atoms with Crippen molar-refractivity contribution in [3.8, 4) is 5.75 Å². The van der Waals surface area contributed by atoms with Crippen LogP contribution in [0.2, 0.25) is 5.02 Å². The second-order valence-corrected chi connectivity index (χ2v) is 8.59. The highest BCUT2D eigenvalue weighted by Gasteiger charge is 2.12. The van der Waals surface area contributed by atoms with E-state index >= 15 is 0 Å². The molecule has 0 radical (unpaired) electrons. The lowest BCUT2D eigenvalue weighted by Gasteiger charge is -2.10. The van der Waals surface area contributed by atoms with Crippen LogP contribution in [0.5, 0.6) is 5.75 Å². The first-order chi connectivity index (χ1) is 15.5. The number of amides is 1. The van der Waals surface area contributed by atoms with E-state index in [0.29, 0.717) is 28.4 Å². The minimum atomic E-state index is -0.705. The molecule has 0 heterocycles. The van der Waals surface area contributed by atoms with Crippen LogP contribution in [0.3, 0.4) is 0 Å². The molecule has 0 unspecified atom stereocenters. The molecule has 2 rings (SSSR count). The van der Waals surface area contributed by atoms with Crippen LogP contribution in [0, 0.1) is 6.92 Å². The van der Waals surface area contributed by atoms with E-state index in [1.807, 2.05) is 19.1 Å². The highest BCUT2D eigenvalue weighted by molar-refractivity contribution is 6.30. The first-order valence-corrected chi connectivity index (χ1v) is 12.0. The van der Waals surface area contributed by atoms with Crippen molar-refractivity contribution in [2.75, 3.05) is 5.32 Å². The average Bonchev–Trinajstić information content (AvgIpc) is 2.76. The molecule has 5 nitrogen and oxygen atoms in total. The number of aryl methyl sites for hydroxylation is 1. The van der Waals surface area contributed by atoms with Gasteiger partial charge in [-0.2, -0.15) is 0 Å². The summed E-state index contributed by atoms with van der Waals surface area (Å²) in [5, 5.41) is 17.5. The van der Waals surface area contributed by atoms with Crippen LogP contribution in [0.15, 0.2) is 47.6 Å². The van der Waals surface area contributed by atoms with Gasteiger partial charge in [0.1, 0.15) is 5.75 Å². The molecule has 2 aromatic rings. The van der Waals surface area contributed by atoms with Crippen molar-refractivity contribution in [3.63, 3.8) is 0 Å². The normalized spacial score (nSPS) is 11.4. The molecule has 1 amide bonds. The number of hydrogen-bond donors (Lipinski definition) is 2. The number of carbonyl (C=O) groups excluding carboxylic acids is 1. The molecule has 2 aromatic carbocycles. The number of halogens is 1. The van der Waals surface area contributed by atoms with Gasteiger partial charge in [-0.1, -0.05) is 92.7 Å². The van der Waals surface area contributed by atoms with Gasteiger partial charge in [0.2, 0.25) is 0 Å². The van der Waals surface area contributed by atoms with Gasteiger partial charge in [-0.15, -0.1) is 0 Å². The van der Waals surface area contributed by atoms with Crippen LogP contribution < -0.4 is 5.32 Å². The molecule has 0 aliphatic rings. The van der Waals surface area contributed by atoms with Crippen LogP contribution in [-0.2, 0) is 4.84 Å². The molecular formula is C26H35ClN2O3. The summed E-state index contributed by atoms with van der Waals surface area (Å²) in [7, 11) is 0. The van der Waals surface area contributed by atoms with Crippen LogP contribution in [0.1, 0.15) is 82.3 Å². The molecule has 0 aliphatic carbocycles. The van der Waals surface area contributed by atoms with Gasteiger partial charge < -0.3 is 5.11 Å². The minimum absolute atomic E-state index is 0.129. The van der Waals surface area contributed by atoms with Gasteiger partial charge in [-0.05, 0) is 50.1 Å². The van der Waals surface area contributed by atoms with Crippen molar-refractivity contribution in [2.24, 2.45) is 5.16 Å². The Labute approximate surface area is 196 Å². The maximum Gasteiger partial charge on any atom is 0.437 e. The van der Waals surface area contributed by atoms with E-state index in [9.17, 15) is 9.90 Å². The first-order valence-electron chi connectivity index (χ1n) is 11.6. The van der Waals surface area contributed by atoms with Gasteiger partial charge in [0.05, 0.1) is 5.71 Å². The summed E-state index contributed by atoms with van der Waals surface area (Å²) in [6.07, 6.45) is 10.8. The molecule has 0 saturated heterocycles. The lowest BCUT2D eigenvalue weighted by Crippen LogP contribution is -2.13. The molecule has 6 heteroatoms. The van der Waals surface area contributed by atoms with E-state index in [2.05, 4.69) is 17.4 Å². The molecule has 2 N–H and O–H groups in total. The highest BCUT2D eigenvalue weighted by Crippen LogP contribution is 2.23. The van der Waals surface area contributed by atoms with Crippen LogP contribution in [0.25, 0.3) is 0 Å². The number of phenolic OH excluding ortho intramolecular Hbond substituents is 1. The van der Waals surface area contributed by atoms with Crippen molar-refractivity contribution in [2.45, 2.75) is 78.1 Å². The summed E-state index contributed by atoms with van der Waals surface area (Å²) in [6, 6.07) is 12.1. The third-order valence-electron chi connectivity index (χ3n) is 5.29. The van der Waals surface area contributed by atoms with E-state index in [1.165, 1.54) is 44.9 Å². The SMILES string of the molecule is CCCCCCCCCCCC(=NOC(=O)Nc1cccc(Cl)c1)c1cc(C)ccc1O. The summed E-state index contributed by atoms with van der Waals surface area (Å²) in [6.45, 7) is 4.18. The Balaban J connectivity index is 1.92. The number of oxime groups is 1. The fourth-order valence-electron chi connectivity index (χ4n) is 3.52. The smallest absolute Gasteiger partial charge is 0.437 e. The maximum atomic E-state index is 12.2. The zero-order chi connectivity index (χ0) is 23.2. The minimum Gasteiger partial charge on any atom is -0.507 e. The Morgan fingerprint density at radius 2 is 1.69 bits per heavy atom. The monoisotopic (exact) mass is 458 g/mol. The van der Waals surface area contributed by atoms with Gasteiger partial charge in [0.25, 0.3) is 0 Å². The Bertz CT molecular complexity index is 883. The molecule has 0 atom stereocenters. The molecule has 32 heavy (non-hydrogen) atoms. The lowest BCUT2D eigenvalue weighted by atomic mass is 10.00. The van der Waals surface area contributed by atoms with E-state index < -0.39 is 6.09 Å². The predicted octanol–water partition coefficient (Wildman–Crippen LogP) is 8.23. The molecule has 0 fully saturated rings. The third kappa shape index (κ3) is 9.73. The zero-order valence-corrected chi connectivity index (χ0v) is 20.0. The number of benzene rings is 2. The van der Waals surface area contributed by atoms with E-state index in [1.54, 1.807) is 30.3 Å². The molecular weight excluding hydrogens is 424 g/mol. The Hall–Kier alpha value is -2.53. The number of aromatic hydroxyl groups is 1. The number of phenols is 1. The summed E-state index contributed by atoms with van der Waals surface area (Å²) in [5.74, 6) is 0.129. The molecule has 0 saturated carbocycles. The van der Waals surface area contributed by atoms with E-state index in [0.717, 1.165) is 18.4 Å². The summed E-state index contributed by atoms with van der Waals surface area (Å²) in [5.41, 5.74) is 2.69. The molecule has 174 valence electrons. The topological polar surface area (TPSA) is 70.9 Å². The maximum absolute atomic E-state index is 12.2. The fraction of sp³-hybridized carbons (Fsp3) is 0.462. The van der Waals surface area contributed by atoms with Crippen molar-refractivity contribution in [3.05, 3.63) is 58.6 Å². The number of unbranched alkanes of at least 4 members (excludes halogenated alkanes) is 8. The highest BCUT2D eigenvalue weighted by atomic mass is 35.5. The van der Waals surface area contributed by atoms with Gasteiger partial charge in [0, 0.05) is 16.3 Å². The van der Waals surface area contributed by atoms with Crippen molar-refractivity contribution >= 4 is 29.1 Å². The van der Waals surface area contributed by atoms with E-state index in [4.69, 9.17) is 16.4 Å². The first kappa shape index (κ1) is 25.7. The van der Waals surface area contributed by atoms with Gasteiger partial charge in [-0.3, -0.25) is 10.2 Å². The quantitative estimate of drug-likeness (QED) is 0.137. The van der Waals surface area contributed by atoms with Gasteiger partial charge >= 0.3 is 6.09 Å². The number of rotatable bonds is 13. The van der Waals surface area contributed by atoms with Crippen molar-refractivity contribution in [1.29, 1.82) is 0 Å². The summed E-state index contributed by atoms with van der Waals surface area (Å²) in [4.78, 5) is 17.3. The number of carbonyl (C=O) groups is 1. The Morgan fingerprint density at radius 3 is 2.38 bits per heavy atom. The zero-order valence-electron chi connectivity index (χ0n) is 19.2. The Kier molecular flexibility index (Phi) is 11.7. The molecule has 0 aliphatic heterocycles. The number of nitrogens with one attached hydrogen (secondary N) is 1. The fourth-order valence-corrected chi connectivity index (χ4v) is 3.71. The summed E-state index contributed by atoms with van der Waals surface area (Å²) >= 11 is 5.95. The van der Waals surface area contributed by atoms with Crippen LogP contribution in [0.4, 0.5) is 10.5 Å². The number of hydrogen-bond acceptors (Lipinski definition) is 4. The van der Waals surface area contributed by atoms with Crippen molar-refractivity contribution < 1.29 is 14.7 Å². The predicted molar refractivity (Wildman–Crippen MR) is 133 cm³/mol. The summed E-state index contributed by atoms with van der Waals surface area (Å²) < 4.78 is 0. The molecule has 0 aromatic heterocycles. The van der Waals surface area contributed by atoms with Gasteiger partial charge in [-0.25, -0.2) is 4.79 Å². The van der Waals surface area contributed by atoms with Crippen molar-refractivity contribution in [1.82, 2.24) is 0 Å². The molecule has 0 spiro atoms. The second kappa shape index (κ2) is 14.5. The van der Waals surface area contributed by atoms with E-state index in [-0.39, 0.29) is 5.75 Å². The number of nitrogens with zero attached hydrogens (tertiary/aromatic N) is 1. The largest absolute Gasteiger partial charge is 0.507 e. The number of anilines is 1. The van der Waals surface area contributed by atoms with Gasteiger partial charge in [0.15, 0.2) is 0 Å². The lowest BCUT2D eigenvalue weighted by molar-refractivity contribution is 0.166. The molecule has 0 bridgehead atoms. The second-order valence-electron chi connectivity index (χ2n) is 8.15. The van der Waals surface area contributed by atoms with Crippen LogP contribution in [-0.4, -0.2) is 16.9 Å². The standard InChI is InChI=1S/C26H35ClN2O3/c1-3-4-5-6-7-8-9-10-11-15-24(23-18-20(2)16-17-25(23)30)29-32-26(31)28-22-14-12-13-21(27)19-22/h12-14,16-19,30H,3-11,15H2,1-2H3,(H,28,31). The Morgan fingerprint density at radius 1 is 1.00 bits per heavy atom. The third-order valence-corrected chi connectivity index (χ3v) is 5.52. The van der Waals surface area contributed by atoms with Crippen LogP contribution >= 0.6 is 11.6 Å². The average molecular weight is 459 g/mol.